The van der Waals surface area contributed by atoms with Crippen molar-refractivity contribution in [3.8, 4) is 10.6 Å². The molecule has 33 heavy (non-hydrogen) atoms. The maximum Gasteiger partial charge on any atom is 0.278 e. The number of rotatable bonds is 5. The lowest BCUT2D eigenvalue weighted by Crippen LogP contribution is -2.14. The van der Waals surface area contributed by atoms with Crippen LogP contribution in [0.15, 0.2) is 60.8 Å². The molecule has 0 radical (unpaired) electrons. The van der Waals surface area contributed by atoms with E-state index < -0.39 is 5.91 Å². The van der Waals surface area contributed by atoms with E-state index in [1.165, 1.54) is 22.1 Å². The topological polar surface area (TPSA) is 85.6 Å². The van der Waals surface area contributed by atoms with Crippen LogP contribution >= 0.6 is 11.3 Å². The number of benzene rings is 2. The zero-order valence-corrected chi connectivity index (χ0v) is 18.7. The summed E-state index contributed by atoms with van der Waals surface area (Å²) in [6.45, 7) is 4.23. The SMILES string of the molecule is Cc1cccc(-c2nnc(NC(=O)c3nn(Cc4ccccc4F)c4ncccc34)s2)c1C. The van der Waals surface area contributed by atoms with E-state index in [1.807, 2.05) is 32.0 Å². The average Bonchev–Trinajstić information content (AvgIpc) is 3.42. The van der Waals surface area contributed by atoms with Gasteiger partial charge in [-0.25, -0.2) is 14.1 Å². The predicted octanol–water partition coefficient (Wildman–Crippen LogP) is 5.01. The van der Waals surface area contributed by atoms with Crippen LogP contribution in [-0.2, 0) is 6.54 Å². The number of carbonyl (C=O) groups excluding carboxylic acids is 1. The average molecular weight is 459 g/mol. The number of nitrogens with zero attached hydrogens (tertiary/aromatic N) is 5. The highest BCUT2D eigenvalue weighted by Gasteiger charge is 2.20. The number of fused-ring (bicyclic) bond motifs is 1. The van der Waals surface area contributed by atoms with Crippen LogP contribution in [0, 0.1) is 19.7 Å². The molecule has 5 rings (SSSR count). The van der Waals surface area contributed by atoms with Gasteiger partial charge >= 0.3 is 0 Å². The minimum atomic E-state index is -0.427. The first-order valence-electron chi connectivity index (χ1n) is 10.3. The first-order valence-corrected chi connectivity index (χ1v) is 11.1. The molecule has 164 valence electrons. The fourth-order valence-corrected chi connectivity index (χ4v) is 4.42. The number of pyridine rings is 1. The molecule has 0 fully saturated rings. The second-order valence-corrected chi connectivity index (χ2v) is 8.56. The van der Waals surface area contributed by atoms with Crippen LogP contribution in [0.25, 0.3) is 21.6 Å². The Balaban J connectivity index is 1.44. The van der Waals surface area contributed by atoms with Crippen LogP contribution in [-0.4, -0.2) is 30.9 Å². The van der Waals surface area contributed by atoms with Crippen molar-refractivity contribution >= 4 is 33.4 Å². The van der Waals surface area contributed by atoms with Crippen LogP contribution in [0.2, 0.25) is 0 Å². The Kier molecular flexibility index (Phi) is 5.39. The van der Waals surface area contributed by atoms with Gasteiger partial charge in [0.2, 0.25) is 5.13 Å². The molecular weight excluding hydrogens is 439 g/mol. The van der Waals surface area contributed by atoms with Gasteiger partial charge in [0.25, 0.3) is 5.91 Å². The van der Waals surface area contributed by atoms with E-state index in [-0.39, 0.29) is 18.1 Å². The van der Waals surface area contributed by atoms with Gasteiger partial charge in [0.1, 0.15) is 10.8 Å². The number of aromatic nitrogens is 5. The van der Waals surface area contributed by atoms with Crippen molar-refractivity contribution in [1.82, 2.24) is 25.0 Å². The largest absolute Gasteiger partial charge is 0.295 e. The molecule has 7 nitrogen and oxygen atoms in total. The van der Waals surface area contributed by atoms with E-state index in [1.54, 1.807) is 36.5 Å². The summed E-state index contributed by atoms with van der Waals surface area (Å²) >= 11 is 1.29. The number of carbonyl (C=O) groups is 1. The Morgan fingerprint density at radius 2 is 1.91 bits per heavy atom. The molecule has 0 spiro atoms. The van der Waals surface area contributed by atoms with E-state index in [0.717, 1.165) is 21.7 Å². The third-order valence-corrected chi connectivity index (χ3v) is 6.35. The van der Waals surface area contributed by atoms with Gasteiger partial charge in [-0.05, 0) is 43.2 Å². The first-order chi connectivity index (χ1) is 16.0. The highest BCUT2D eigenvalue weighted by molar-refractivity contribution is 7.18. The third-order valence-electron chi connectivity index (χ3n) is 5.48. The molecular formula is C24H19FN6OS. The van der Waals surface area contributed by atoms with Crippen LogP contribution in [0.1, 0.15) is 27.2 Å². The summed E-state index contributed by atoms with van der Waals surface area (Å²) in [5.41, 5.74) is 4.42. The van der Waals surface area contributed by atoms with Gasteiger partial charge in [0, 0.05) is 17.3 Å². The molecule has 3 heterocycles. The van der Waals surface area contributed by atoms with Gasteiger partial charge in [0.05, 0.1) is 11.9 Å². The molecule has 0 saturated heterocycles. The zero-order valence-electron chi connectivity index (χ0n) is 17.9. The maximum atomic E-state index is 14.2. The Labute approximate surface area is 192 Å². The summed E-state index contributed by atoms with van der Waals surface area (Å²) in [7, 11) is 0. The fraction of sp³-hybridized carbons (Fsp3) is 0.125. The maximum absolute atomic E-state index is 14.2. The Morgan fingerprint density at radius 1 is 1.06 bits per heavy atom. The van der Waals surface area contributed by atoms with Crippen LogP contribution in [0.5, 0.6) is 0 Å². The van der Waals surface area contributed by atoms with Gasteiger partial charge in [-0.2, -0.15) is 5.10 Å². The number of anilines is 1. The number of hydrogen-bond acceptors (Lipinski definition) is 6. The van der Waals surface area contributed by atoms with Gasteiger partial charge in [-0.3, -0.25) is 10.1 Å². The molecule has 0 aliphatic rings. The molecule has 0 aliphatic heterocycles. The van der Waals surface area contributed by atoms with Crippen molar-refractivity contribution in [2.45, 2.75) is 20.4 Å². The molecule has 5 aromatic rings. The fourth-order valence-electron chi connectivity index (χ4n) is 3.60. The summed E-state index contributed by atoms with van der Waals surface area (Å²) in [6, 6.07) is 16.0. The Morgan fingerprint density at radius 3 is 2.76 bits per heavy atom. The molecule has 3 aromatic heterocycles. The smallest absolute Gasteiger partial charge is 0.278 e. The number of amides is 1. The number of nitrogens with one attached hydrogen (secondary N) is 1. The number of halogens is 1. The van der Waals surface area contributed by atoms with Crippen LogP contribution in [0.3, 0.4) is 0 Å². The van der Waals surface area contributed by atoms with E-state index in [2.05, 4.69) is 25.6 Å². The summed E-state index contributed by atoms with van der Waals surface area (Å²) in [4.78, 5) is 17.4. The molecule has 0 aliphatic carbocycles. The van der Waals surface area contributed by atoms with Crippen molar-refractivity contribution in [2.75, 3.05) is 5.32 Å². The molecule has 0 saturated carbocycles. The lowest BCUT2D eigenvalue weighted by Gasteiger charge is -2.04. The number of hydrogen-bond donors (Lipinski definition) is 1. The summed E-state index contributed by atoms with van der Waals surface area (Å²) < 4.78 is 15.7. The first kappa shape index (κ1) is 20.9. The minimum Gasteiger partial charge on any atom is -0.295 e. The van der Waals surface area contributed by atoms with E-state index in [4.69, 9.17) is 0 Å². The second-order valence-electron chi connectivity index (χ2n) is 7.59. The van der Waals surface area contributed by atoms with Crippen molar-refractivity contribution in [3.63, 3.8) is 0 Å². The molecule has 0 atom stereocenters. The van der Waals surface area contributed by atoms with Gasteiger partial charge in [-0.15, -0.1) is 10.2 Å². The number of aryl methyl sites for hydroxylation is 1. The highest BCUT2D eigenvalue weighted by Crippen LogP contribution is 2.30. The normalized spacial score (nSPS) is 11.1. The Bertz CT molecular complexity index is 1490. The van der Waals surface area contributed by atoms with E-state index >= 15 is 0 Å². The Hall–Kier alpha value is -3.98. The van der Waals surface area contributed by atoms with E-state index in [9.17, 15) is 9.18 Å². The molecule has 1 N–H and O–H groups in total. The van der Waals surface area contributed by atoms with Crippen molar-refractivity contribution in [3.05, 3.63) is 89.0 Å². The molecule has 0 unspecified atom stereocenters. The van der Waals surface area contributed by atoms with Crippen LogP contribution in [0.4, 0.5) is 9.52 Å². The standard InChI is InChI=1S/C24H19FN6OS/c1-14-7-5-9-17(15(14)2)23-28-29-24(33-23)27-22(32)20-18-10-6-12-26-21(18)31(30-20)13-16-8-3-4-11-19(16)25/h3-12H,13H2,1-2H3,(H,27,29,32). The van der Waals surface area contributed by atoms with Gasteiger partial charge in [-0.1, -0.05) is 47.7 Å². The molecule has 2 aromatic carbocycles. The highest BCUT2D eigenvalue weighted by atomic mass is 32.1. The quantitative estimate of drug-likeness (QED) is 0.400. The predicted molar refractivity (Wildman–Crippen MR) is 126 cm³/mol. The second kappa shape index (κ2) is 8.51. The summed E-state index contributed by atoms with van der Waals surface area (Å²) in [5, 5.41) is 17.3. The zero-order chi connectivity index (χ0) is 22.9. The molecule has 9 heteroatoms. The lowest BCUT2D eigenvalue weighted by molar-refractivity contribution is 0.102. The van der Waals surface area contributed by atoms with Crippen molar-refractivity contribution in [2.24, 2.45) is 0 Å². The van der Waals surface area contributed by atoms with Crippen LogP contribution < -0.4 is 5.32 Å². The monoisotopic (exact) mass is 458 g/mol. The van der Waals surface area contributed by atoms with E-state index in [0.29, 0.717) is 21.7 Å². The van der Waals surface area contributed by atoms with Crippen molar-refractivity contribution < 1.29 is 9.18 Å². The molecule has 0 bridgehead atoms. The van der Waals surface area contributed by atoms with Gasteiger partial charge < -0.3 is 0 Å². The van der Waals surface area contributed by atoms with Crippen molar-refractivity contribution in [1.29, 1.82) is 0 Å². The molecule has 1 amide bonds. The summed E-state index contributed by atoms with van der Waals surface area (Å²) in [6.07, 6.45) is 1.62. The lowest BCUT2D eigenvalue weighted by atomic mass is 10.0. The third kappa shape index (κ3) is 3.98. The van der Waals surface area contributed by atoms with Gasteiger partial charge in [0.15, 0.2) is 11.3 Å². The minimum absolute atomic E-state index is 0.156. The summed E-state index contributed by atoms with van der Waals surface area (Å²) in [5.74, 6) is -0.764.